The number of amides is 1. The van der Waals surface area contributed by atoms with Gasteiger partial charge < -0.3 is 11.1 Å². The fourth-order valence-electron chi connectivity index (χ4n) is 2.54. The van der Waals surface area contributed by atoms with Gasteiger partial charge in [0.25, 0.3) is 0 Å². The van der Waals surface area contributed by atoms with Crippen LogP contribution in [-0.4, -0.2) is 27.4 Å². The molecule has 0 aliphatic rings. The van der Waals surface area contributed by atoms with Gasteiger partial charge >= 0.3 is 0 Å². The summed E-state index contributed by atoms with van der Waals surface area (Å²) < 4.78 is 26.6. The zero-order valence-corrected chi connectivity index (χ0v) is 17.7. The smallest absolute Gasteiger partial charge is 0.240 e. The third kappa shape index (κ3) is 7.24. The van der Waals surface area contributed by atoms with E-state index in [1.54, 1.807) is 18.2 Å². The Kier molecular flexibility index (Phi) is 9.61. The maximum absolute atomic E-state index is 12.1. The van der Waals surface area contributed by atoms with Gasteiger partial charge in [0, 0.05) is 25.6 Å². The molecule has 0 radical (unpaired) electrons. The minimum Gasteiger partial charge on any atom is -0.354 e. The van der Waals surface area contributed by atoms with Crippen molar-refractivity contribution >= 4 is 28.3 Å². The first-order chi connectivity index (χ1) is 12.8. The lowest BCUT2D eigenvalue weighted by Crippen LogP contribution is -2.34. The minimum absolute atomic E-state index is 0. The molecular formula is C20H28ClN3O3S. The van der Waals surface area contributed by atoms with Gasteiger partial charge in [-0.1, -0.05) is 56.3 Å². The second kappa shape index (κ2) is 11.2. The van der Waals surface area contributed by atoms with Gasteiger partial charge in [-0.2, -0.15) is 0 Å². The van der Waals surface area contributed by atoms with Gasteiger partial charge in [-0.25, -0.2) is 13.1 Å². The summed E-state index contributed by atoms with van der Waals surface area (Å²) in [5, 5.41) is 2.75. The molecule has 0 heterocycles. The Hall–Kier alpha value is -1.93. The zero-order chi connectivity index (χ0) is 19.9. The van der Waals surface area contributed by atoms with E-state index in [4.69, 9.17) is 5.73 Å². The lowest BCUT2D eigenvalue weighted by Gasteiger charge is -2.15. The second-order valence-corrected chi connectivity index (χ2v) is 8.46. The molecule has 1 amide bonds. The van der Waals surface area contributed by atoms with E-state index in [-0.39, 0.29) is 42.2 Å². The predicted molar refractivity (Wildman–Crippen MR) is 114 cm³/mol. The van der Waals surface area contributed by atoms with Gasteiger partial charge in [-0.15, -0.1) is 12.4 Å². The number of sulfonamides is 1. The van der Waals surface area contributed by atoms with Crippen molar-refractivity contribution in [3.8, 4) is 0 Å². The summed E-state index contributed by atoms with van der Waals surface area (Å²) in [7, 11) is -3.60. The summed E-state index contributed by atoms with van der Waals surface area (Å²) in [5.41, 5.74) is 8.30. The SMILES string of the molecule is CC(C)c1ccc(C(N)CNC(=O)CCNS(=O)(=O)c2ccccc2)cc1.Cl. The zero-order valence-electron chi connectivity index (χ0n) is 16.1. The summed E-state index contributed by atoms with van der Waals surface area (Å²) in [6.45, 7) is 4.58. The first kappa shape index (κ1) is 24.1. The van der Waals surface area contributed by atoms with Crippen LogP contribution in [0.3, 0.4) is 0 Å². The van der Waals surface area contributed by atoms with E-state index < -0.39 is 10.0 Å². The maximum atomic E-state index is 12.1. The molecule has 1 unspecified atom stereocenters. The molecule has 0 aliphatic carbocycles. The van der Waals surface area contributed by atoms with Crippen molar-refractivity contribution < 1.29 is 13.2 Å². The Morgan fingerprint density at radius 1 is 1.00 bits per heavy atom. The average Bonchev–Trinajstić information content (AvgIpc) is 2.66. The molecule has 0 spiro atoms. The molecule has 0 saturated heterocycles. The van der Waals surface area contributed by atoms with Crippen molar-refractivity contribution in [1.82, 2.24) is 10.0 Å². The number of nitrogens with one attached hydrogen (secondary N) is 2. The number of carbonyl (C=O) groups excluding carboxylic acids is 1. The normalized spacial score (nSPS) is 12.3. The van der Waals surface area contributed by atoms with Gasteiger partial charge in [0.1, 0.15) is 0 Å². The molecule has 0 fully saturated rings. The van der Waals surface area contributed by atoms with E-state index in [1.165, 1.54) is 17.7 Å². The van der Waals surface area contributed by atoms with Crippen molar-refractivity contribution in [2.45, 2.75) is 37.1 Å². The highest BCUT2D eigenvalue weighted by atomic mass is 35.5. The van der Waals surface area contributed by atoms with Crippen LogP contribution in [0.5, 0.6) is 0 Å². The summed E-state index contributed by atoms with van der Waals surface area (Å²) in [6, 6.07) is 15.8. The summed E-state index contributed by atoms with van der Waals surface area (Å²) in [5.74, 6) is 0.203. The van der Waals surface area contributed by atoms with E-state index in [9.17, 15) is 13.2 Å². The van der Waals surface area contributed by atoms with Crippen LogP contribution < -0.4 is 15.8 Å². The van der Waals surface area contributed by atoms with Crippen LogP contribution in [0, 0.1) is 0 Å². The molecule has 6 nitrogen and oxygen atoms in total. The maximum Gasteiger partial charge on any atom is 0.240 e. The highest BCUT2D eigenvalue weighted by molar-refractivity contribution is 7.89. The van der Waals surface area contributed by atoms with Crippen LogP contribution in [0.1, 0.15) is 43.4 Å². The molecule has 0 saturated carbocycles. The molecule has 2 aromatic carbocycles. The highest BCUT2D eigenvalue weighted by Crippen LogP contribution is 2.17. The fraction of sp³-hybridized carbons (Fsp3) is 0.350. The van der Waals surface area contributed by atoms with Crippen LogP contribution in [0.25, 0.3) is 0 Å². The number of benzene rings is 2. The quantitative estimate of drug-likeness (QED) is 0.574. The Morgan fingerprint density at radius 2 is 1.57 bits per heavy atom. The van der Waals surface area contributed by atoms with Crippen molar-refractivity contribution in [2.24, 2.45) is 5.73 Å². The number of hydrogen-bond acceptors (Lipinski definition) is 4. The largest absolute Gasteiger partial charge is 0.354 e. The molecule has 154 valence electrons. The summed E-state index contributed by atoms with van der Waals surface area (Å²) in [6.07, 6.45) is 0.0467. The molecule has 2 rings (SSSR count). The standard InChI is InChI=1S/C20H27N3O3S.ClH/c1-15(2)16-8-10-17(11-9-16)19(21)14-22-20(24)12-13-23-27(25,26)18-6-4-3-5-7-18;/h3-11,15,19,23H,12-14,21H2,1-2H3,(H,22,24);1H. The molecule has 28 heavy (non-hydrogen) atoms. The monoisotopic (exact) mass is 425 g/mol. The molecular weight excluding hydrogens is 398 g/mol. The van der Waals surface area contributed by atoms with Crippen LogP contribution in [-0.2, 0) is 14.8 Å². The van der Waals surface area contributed by atoms with Crippen molar-refractivity contribution in [1.29, 1.82) is 0 Å². The van der Waals surface area contributed by atoms with E-state index >= 15 is 0 Å². The summed E-state index contributed by atoms with van der Waals surface area (Å²) >= 11 is 0. The van der Waals surface area contributed by atoms with E-state index in [1.807, 2.05) is 24.3 Å². The lowest BCUT2D eigenvalue weighted by atomic mass is 9.99. The molecule has 2 aromatic rings. The Balaban J connectivity index is 0.00000392. The fourth-order valence-corrected chi connectivity index (χ4v) is 3.59. The minimum atomic E-state index is -3.60. The molecule has 0 aliphatic heterocycles. The van der Waals surface area contributed by atoms with Crippen molar-refractivity contribution in [3.63, 3.8) is 0 Å². The highest BCUT2D eigenvalue weighted by Gasteiger charge is 2.14. The number of rotatable bonds is 9. The summed E-state index contributed by atoms with van der Waals surface area (Å²) in [4.78, 5) is 12.1. The molecule has 1 atom stereocenters. The number of hydrogen-bond donors (Lipinski definition) is 3. The van der Waals surface area contributed by atoms with E-state index in [0.717, 1.165) is 5.56 Å². The second-order valence-electron chi connectivity index (χ2n) is 6.69. The van der Waals surface area contributed by atoms with Crippen LogP contribution in [0.15, 0.2) is 59.5 Å². The number of halogens is 1. The van der Waals surface area contributed by atoms with Gasteiger partial charge in [0.05, 0.1) is 4.90 Å². The Morgan fingerprint density at radius 3 is 2.14 bits per heavy atom. The van der Waals surface area contributed by atoms with Crippen LogP contribution in [0.4, 0.5) is 0 Å². The molecule has 0 bridgehead atoms. The van der Waals surface area contributed by atoms with Gasteiger partial charge in [-0.05, 0) is 29.2 Å². The van der Waals surface area contributed by atoms with E-state index in [0.29, 0.717) is 12.5 Å². The van der Waals surface area contributed by atoms with E-state index in [2.05, 4.69) is 23.9 Å². The number of nitrogens with two attached hydrogens (primary N) is 1. The van der Waals surface area contributed by atoms with Crippen molar-refractivity contribution in [3.05, 3.63) is 65.7 Å². The Bertz CT molecular complexity index is 841. The predicted octanol–water partition coefficient (Wildman–Crippen LogP) is 2.72. The third-order valence-corrected chi connectivity index (χ3v) is 5.73. The topological polar surface area (TPSA) is 101 Å². The molecule has 8 heteroatoms. The van der Waals surface area contributed by atoms with Crippen LogP contribution >= 0.6 is 12.4 Å². The van der Waals surface area contributed by atoms with Crippen LogP contribution in [0.2, 0.25) is 0 Å². The van der Waals surface area contributed by atoms with Gasteiger partial charge in [0.2, 0.25) is 15.9 Å². The average molecular weight is 426 g/mol. The first-order valence-electron chi connectivity index (χ1n) is 8.96. The Labute approximate surface area is 173 Å². The van der Waals surface area contributed by atoms with Gasteiger partial charge in [-0.3, -0.25) is 4.79 Å². The molecule has 4 N–H and O–H groups in total. The van der Waals surface area contributed by atoms with Gasteiger partial charge in [0.15, 0.2) is 0 Å². The molecule has 0 aromatic heterocycles. The number of carbonyl (C=O) groups is 1. The van der Waals surface area contributed by atoms with Crippen molar-refractivity contribution in [2.75, 3.05) is 13.1 Å². The lowest BCUT2D eigenvalue weighted by molar-refractivity contribution is -0.121. The third-order valence-electron chi connectivity index (χ3n) is 4.25. The first-order valence-corrected chi connectivity index (χ1v) is 10.4.